The van der Waals surface area contributed by atoms with Gasteiger partial charge in [-0.3, -0.25) is 0 Å². The molecule has 0 spiro atoms. The van der Waals surface area contributed by atoms with Gasteiger partial charge < -0.3 is 4.98 Å². The molecule has 0 radical (unpaired) electrons. The molecule has 1 aromatic rings. The van der Waals surface area contributed by atoms with Crippen LogP contribution >= 0.6 is 0 Å². The summed E-state index contributed by atoms with van der Waals surface area (Å²) in [7, 11) is 0. The van der Waals surface area contributed by atoms with Crippen LogP contribution in [0.4, 0.5) is 0 Å². The topological polar surface area (TPSA) is 65.4 Å². The Kier molecular flexibility index (Phi) is 2.00. The number of hydrogen-bond donors (Lipinski definition) is 1. The molecule has 1 aromatic heterocycles. The van der Waals surface area contributed by atoms with Crippen LogP contribution < -0.4 is 0 Å². The van der Waals surface area contributed by atoms with Crippen molar-refractivity contribution >= 4 is 0 Å². The van der Waals surface area contributed by atoms with E-state index in [0.29, 0.717) is 6.42 Å². The number of aromatic amines is 1. The van der Waals surface area contributed by atoms with Gasteiger partial charge in [-0.1, -0.05) is 6.92 Å². The molecule has 52 valence electrons. The van der Waals surface area contributed by atoms with Gasteiger partial charge in [0, 0.05) is 12.3 Å². The lowest BCUT2D eigenvalue weighted by atomic mass is 10.1. The van der Waals surface area contributed by atoms with Crippen LogP contribution in [0.3, 0.4) is 0 Å². The van der Waals surface area contributed by atoms with E-state index in [4.69, 9.17) is 5.26 Å². The van der Waals surface area contributed by atoms with Crippen molar-refractivity contribution in [2.75, 3.05) is 0 Å². The number of H-pyrrole nitrogens is 1. The molecule has 0 bridgehead atoms. The van der Waals surface area contributed by atoms with Gasteiger partial charge in [0.15, 0.2) is 0 Å². The maximum atomic E-state index is 8.32. The lowest BCUT2D eigenvalue weighted by Gasteiger charge is -1.98. The van der Waals surface area contributed by atoms with Gasteiger partial charge in [0.05, 0.1) is 6.07 Å². The van der Waals surface area contributed by atoms with E-state index in [1.807, 2.05) is 6.92 Å². The molecule has 0 saturated heterocycles. The fourth-order valence-electron chi connectivity index (χ4n) is 0.689. The van der Waals surface area contributed by atoms with Crippen molar-refractivity contribution in [1.29, 1.82) is 5.26 Å². The first kappa shape index (κ1) is 6.75. The summed E-state index contributed by atoms with van der Waals surface area (Å²) in [6.07, 6.45) is 2.00. The second-order valence-electron chi connectivity index (χ2n) is 2.14. The van der Waals surface area contributed by atoms with Gasteiger partial charge in [-0.05, 0) is 0 Å². The number of nitriles is 1. The number of nitrogens with one attached hydrogen (secondary N) is 1. The normalized spacial score (nSPS) is 12.4. The molecule has 1 heterocycles. The number of aromatic nitrogens is 3. The molecule has 0 saturated carbocycles. The van der Waals surface area contributed by atoms with E-state index in [-0.39, 0.29) is 5.92 Å². The van der Waals surface area contributed by atoms with Gasteiger partial charge in [-0.2, -0.15) is 5.26 Å². The van der Waals surface area contributed by atoms with Crippen molar-refractivity contribution < 1.29 is 0 Å². The Morgan fingerprint density at radius 1 is 1.90 bits per heavy atom. The fourth-order valence-corrected chi connectivity index (χ4v) is 0.689. The number of hydrogen-bond acceptors (Lipinski definition) is 3. The maximum absolute atomic E-state index is 8.32. The molecule has 1 rings (SSSR count). The zero-order valence-corrected chi connectivity index (χ0v) is 5.70. The summed E-state index contributed by atoms with van der Waals surface area (Å²) in [5.41, 5.74) is 0. The SMILES string of the molecule is C[C@@H](CC#N)c1nnc[nH]1. The Hall–Kier alpha value is -1.37. The second-order valence-corrected chi connectivity index (χ2v) is 2.14. The van der Waals surface area contributed by atoms with Crippen molar-refractivity contribution in [1.82, 2.24) is 15.2 Å². The van der Waals surface area contributed by atoms with E-state index in [1.54, 1.807) is 0 Å². The minimum Gasteiger partial charge on any atom is -0.331 e. The van der Waals surface area contributed by atoms with Crippen LogP contribution in [0.25, 0.3) is 0 Å². The molecule has 0 fully saturated rings. The first-order chi connectivity index (χ1) is 4.84. The van der Waals surface area contributed by atoms with Crippen molar-refractivity contribution in [3.8, 4) is 6.07 Å². The largest absolute Gasteiger partial charge is 0.331 e. The highest BCUT2D eigenvalue weighted by atomic mass is 15.2. The lowest BCUT2D eigenvalue weighted by Crippen LogP contribution is -1.94. The van der Waals surface area contributed by atoms with E-state index in [2.05, 4.69) is 21.3 Å². The first-order valence-electron chi connectivity index (χ1n) is 3.07. The average molecular weight is 136 g/mol. The summed E-state index contributed by atoms with van der Waals surface area (Å²) in [5, 5.41) is 15.7. The van der Waals surface area contributed by atoms with E-state index in [9.17, 15) is 0 Å². The minimum absolute atomic E-state index is 0.160. The summed E-state index contributed by atoms with van der Waals surface area (Å²) in [5.74, 6) is 0.939. The first-order valence-corrected chi connectivity index (χ1v) is 3.07. The highest BCUT2D eigenvalue weighted by Gasteiger charge is 2.06. The standard InChI is InChI=1S/C6H8N4/c1-5(2-3-7)6-8-4-9-10-6/h4-5H,2H2,1H3,(H,8,9,10)/t5-/m0/s1. The van der Waals surface area contributed by atoms with Gasteiger partial charge in [0.1, 0.15) is 12.2 Å². The predicted octanol–water partition coefficient (Wildman–Crippen LogP) is 0.822. The molecule has 0 unspecified atom stereocenters. The van der Waals surface area contributed by atoms with Gasteiger partial charge in [0.2, 0.25) is 0 Å². The van der Waals surface area contributed by atoms with E-state index in [1.165, 1.54) is 6.33 Å². The predicted molar refractivity (Wildman–Crippen MR) is 35.0 cm³/mol. The van der Waals surface area contributed by atoms with Crippen molar-refractivity contribution in [3.63, 3.8) is 0 Å². The quantitative estimate of drug-likeness (QED) is 0.654. The number of rotatable bonds is 2. The Balaban J connectivity index is 2.61. The average Bonchev–Trinajstić information content (AvgIpc) is 2.38. The third kappa shape index (κ3) is 1.32. The van der Waals surface area contributed by atoms with Crippen LogP contribution in [0, 0.1) is 11.3 Å². The van der Waals surface area contributed by atoms with Crippen molar-refractivity contribution in [3.05, 3.63) is 12.2 Å². The molecule has 0 aliphatic rings. The molecule has 1 N–H and O–H groups in total. The van der Waals surface area contributed by atoms with Crippen molar-refractivity contribution in [2.45, 2.75) is 19.3 Å². The lowest BCUT2D eigenvalue weighted by molar-refractivity contribution is 0.725. The second kappa shape index (κ2) is 2.97. The summed E-state index contributed by atoms with van der Waals surface area (Å²) in [4.78, 5) is 2.85. The highest BCUT2D eigenvalue weighted by molar-refractivity contribution is 4.94. The Labute approximate surface area is 58.9 Å². The van der Waals surface area contributed by atoms with Crippen LogP contribution in [0.15, 0.2) is 6.33 Å². The molecule has 0 aliphatic heterocycles. The van der Waals surface area contributed by atoms with Gasteiger partial charge in [-0.25, -0.2) is 0 Å². The fraction of sp³-hybridized carbons (Fsp3) is 0.500. The molecule has 0 amide bonds. The van der Waals surface area contributed by atoms with Crippen LogP contribution in [-0.4, -0.2) is 15.2 Å². The molecule has 0 aromatic carbocycles. The Morgan fingerprint density at radius 3 is 3.20 bits per heavy atom. The van der Waals surface area contributed by atoms with Crippen LogP contribution in [-0.2, 0) is 0 Å². The zero-order chi connectivity index (χ0) is 7.40. The third-order valence-corrected chi connectivity index (χ3v) is 1.30. The Morgan fingerprint density at radius 2 is 2.70 bits per heavy atom. The summed E-state index contributed by atoms with van der Waals surface area (Å²) in [6, 6.07) is 2.07. The molecular formula is C6H8N4. The van der Waals surface area contributed by atoms with Gasteiger partial charge >= 0.3 is 0 Å². The zero-order valence-electron chi connectivity index (χ0n) is 5.70. The third-order valence-electron chi connectivity index (χ3n) is 1.30. The molecule has 0 aliphatic carbocycles. The number of nitrogens with zero attached hydrogens (tertiary/aromatic N) is 3. The monoisotopic (exact) mass is 136 g/mol. The van der Waals surface area contributed by atoms with E-state index >= 15 is 0 Å². The smallest absolute Gasteiger partial charge is 0.134 e. The molecule has 1 atom stereocenters. The molecule has 4 heteroatoms. The minimum atomic E-state index is 0.160. The summed E-state index contributed by atoms with van der Waals surface area (Å²) < 4.78 is 0. The molecular weight excluding hydrogens is 128 g/mol. The van der Waals surface area contributed by atoms with Crippen LogP contribution in [0.1, 0.15) is 25.1 Å². The van der Waals surface area contributed by atoms with Gasteiger partial charge in [0.25, 0.3) is 0 Å². The van der Waals surface area contributed by atoms with E-state index < -0.39 is 0 Å². The van der Waals surface area contributed by atoms with Crippen LogP contribution in [0.5, 0.6) is 0 Å². The Bertz CT molecular complexity index is 220. The summed E-state index contributed by atoms with van der Waals surface area (Å²) in [6.45, 7) is 1.93. The van der Waals surface area contributed by atoms with Crippen LogP contribution in [0.2, 0.25) is 0 Å². The maximum Gasteiger partial charge on any atom is 0.134 e. The molecule has 10 heavy (non-hydrogen) atoms. The van der Waals surface area contributed by atoms with Crippen molar-refractivity contribution in [2.24, 2.45) is 0 Å². The summed E-state index contributed by atoms with van der Waals surface area (Å²) >= 11 is 0. The molecule has 4 nitrogen and oxygen atoms in total. The van der Waals surface area contributed by atoms with Gasteiger partial charge in [-0.15, -0.1) is 10.2 Å². The van der Waals surface area contributed by atoms with E-state index in [0.717, 1.165) is 5.82 Å². The highest BCUT2D eigenvalue weighted by Crippen LogP contribution is 2.11.